The van der Waals surface area contributed by atoms with Gasteiger partial charge in [-0.2, -0.15) is 0 Å². The fourth-order valence-corrected chi connectivity index (χ4v) is 2.60. The van der Waals surface area contributed by atoms with Gasteiger partial charge in [0, 0.05) is 12.6 Å². The number of fused-ring (bicyclic) bond motifs is 1. The second-order valence-electron chi connectivity index (χ2n) is 5.37. The molecule has 1 unspecified atom stereocenters. The van der Waals surface area contributed by atoms with Crippen molar-refractivity contribution >= 4 is 11.4 Å². The van der Waals surface area contributed by atoms with Gasteiger partial charge >= 0.3 is 0 Å². The van der Waals surface area contributed by atoms with Gasteiger partial charge in [-0.25, -0.2) is 0 Å². The van der Waals surface area contributed by atoms with Crippen LogP contribution >= 0.6 is 0 Å². The lowest BCUT2D eigenvalue weighted by molar-refractivity contribution is 0.525. The van der Waals surface area contributed by atoms with Crippen LogP contribution < -0.4 is 0 Å². The predicted octanol–water partition coefficient (Wildman–Crippen LogP) is 4.93. The summed E-state index contributed by atoms with van der Waals surface area (Å²) in [7, 11) is 1.84. The Bertz CT molecular complexity index is 542. The van der Waals surface area contributed by atoms with E-state index in [9.17, 15) is 0 Å². The second-order valence-corrected chi connectivity index (χ2v) is 5.37. The van der Waals surface area contributed by atoms with Crippen molar-refractivity contribution in [3.63, 3.8) is 0 Å². The first-order valence-corrected chi connectivity index (χ1v) is 7.58. The molecule has 0 saturated carbocycles. The summed E-state index contributed by atoms with van der Waals surface area (Å²) >= 11 is 0. The Balaban J connectivity index is 0.000000956. The zero-order valence-corrected chi connectivity index (χ0v) is 14.3. The first kappa shape index (κ1) is 16.6. The molecular formula is C18H28N2. The van der Waals surface area contributed by atoms with Crippen molar-refractivity contribution in [2.45, 2.75) is 60.4 Å². The summed E-state index contributed by atoms with van der Waals surface area (Å²) < 4.78 is 0. The molecule has 2 rings (SSSR count). The smallest absolute Gasteiger partial charge is 0.0796 e. The summed E-state index contributed by atoms with van der Waals surface area (Å²) in [5, 5.41) is 0. The van der Waals surface area contributed by atoms with Crippen LogP contribution in [0.25, 0.3) is 0 Å². The predicted molar refractivity (Wildman–Crippen MR) is 91.1 cm³/mol. The molecule has 0 saturated heterocycles. The third-order valence-corrected chi connectivity index (χ3v) is 4.36. The third kappa shape index (κ3) is 2.70. The minimum absolute atomic E-state index is 0.0489. The largest absolute Gasteiger partial charge is 0.289 e. The Morgan fingerprint density at radius 1 is 1.15 bits per heavy atom. The lowest BCUT2D eigenvalue weighted by Gasteiger charge is -2.35. The van der Waals surface area contributed by atoms with Crippen molar-refractivity contribution in [2.24, 2.45) is 9.98 Å². The van der Waals surface area contributed by atoms with Gasteiger partial charge in [-0.15, -0.1) is 0 Å². The Kier molecular flexibility index (Phi) is 5.27. The van der Waals surface area contributed by atoms with Crippen molar-refractivity contribution in [3.8, 4) is 0 Å². The summed E-state index contributed by atoms with van der Waals surface area (Å²) in [5.41, 5.74) is 7.34. The van der Waals surface area contributed by atoms with Gasteiger partial charge < -0.3 is 0 Å². The molecule has 1 atom stereocenters. The van der Waals surface area contributed by atoms with Crippen LogP contribution in [0.5, 0.6) is 0 Å². The number of hydrogen-bond donors (Lipinski definition) is 0. The average Bonchev–Trinajstić information content (AvgIpc) is 2.48. The van der Waals surface area contributed by atoms with E-state index in [-0.39, 0.29) is 5.54 Å². The van der Waals surface area contributed by atoms with Crippen LogP contribution in [0.3, 0.4) is 0 Å². The summed E-state index contributed by atoms with van der Waals surface area (Å²) in [5.74, 6) is 0. The number of aliphatic imine (C=N–C) groups is 2. The van der Waals surface area contributed by atoms with Crippen LogP contribution in [0.2, 0.25) is 0 Å². The maximum atomic E-state index is 5.00. The van der Waals surface area contributed by atoms with Gasteiger partial charge in [0.15, 0.2) is 0 Å². The van der Waals surface area contributed by atoms with Crippen LogP contribution in [0.4, 0.5) is 0 Å². The monoisotopic (exact) mass is 272 g/mol. The number of rotatable bonds is 1. The lowest BCUT2D eigenvalue weighted by atomic mass is 9.78. The standard InChI is InChI=1S/C16H22N2.C2H6/c1-7-16(5)12(4)11(3)14-9-13(17-6)8-10(2)15(14)18-16;1-2/h8-9H,7H2,1-6H3;1-2H3. The number of dihydropyridines is 1. The number of hydrogen-bond acceptors (Lipinski definition) is 2. The van der Waals surface area contributed by atoms with Crippen LogP contribution in [-0.4, -0.2) is 24.0 Å². The molecule has 2 nitrogen and oxygen atoms in total. The highest BCUT2D eigenvalue weighted by atomic mass is 14.9. The van der Waals surface area contributed by atoms with Crippen molar-refractivity contribution < 1.29 is 0 Å². The molecule has 0 radical (unpaired) electrons. The van der Waals surface area contributed by atoms with Gasteiger partial charge in [0.1, 0.15) is 0 Å². The molecule has 1 aliphatic carbocycles. The summed E-state index contributed by atoms with van der Waals surface area (Å²) in [6, 6.07) is 0. The maximum Gasteiger partial charge on any atom is 0.0796 e. The van der Waals surface area contributed by atoms with Crippen molar-refractivity contribution in [3.05, 3.63) is 34.4 Å². The van der Waals surface area contributed by atoms with Gasteiger partial charge in [-0.1, -0.05) is 20.8 Å². The molecular weight excluding hydrogens is 244 g/mol. The van der Waals surface area contributed by atoms with E-state index in [1.165, 1.54) is 22.3 Å². The zero-order valence-electron chi connectivity index (χ0n) is 14.3. The Morgan fingerprint density at radius 3 is 2.25 bits per heavy atom. The highest BCUT2D eigenvalue weighted by Gasteiger charge is 2.33. The molecule has 0 aromatic heterocycles. The minimum Gasteiger partial charge on any atom is -0.289 e. The van der Waals surface area contributed by atoms with Crippen molar-refractivity contribution in [1.29, 1.82) is 0 Å². The molecule has 0 N–H and O–H groups in total. The van der Waals surface area contributed by atoms with Gasteiger partial charge in [-0.3, -0.25) is 9.98 Å². The van der Waals surface area contributed by atoms with E-state index in [1.807, 2.05) is 20.9 Å². The quantitative estimate of drug-likeness (QED) is 0.605. The van der Waals surface area contributed by atoms with E-state index in [0.717, 1.165) is 17.8 Å². The second kappa shape index (κ2) is 6.34. The normalized spacial score (nSPS) is 27.2. The molecule has 0 bridgehead atoms. The number of nitrogens with zero attached hydrogens (tertiary/aromatic N) is 2. The SMILES string of the molecule is CC.CCC1(C)N=C2C(C)=CC(=NC)C=C2C(C)=C1C. The molecule has 2 heteroatoms. The van der Waals surface area contributed by atoms with E-state index >= 15 is 0 Å². The van der Waals surface area contributed by atoms with E-state index in [0.29, 0.717) is 0 Å². The van der Waals surface area contributed by atoms with Crippen LogP contribution in [0.15, 0.2) is 44.4 Å². The third-order valence-electron chi connectivity index (χ3n) is 4.36. The zero-order chi connectivity index (χ0) is 15.5. The van der Waals surface area contributed by atoms with Crippen molar-refractivity contribution in [2.75, 3.05) is 7.05 Å². The molecule has 110 valence electrons. The van der Waals surface area contributed by atoms with Crippen LogP contribution in [0.1, 0.15) is 54.9 Å². The molecule has 1 aliphatic heterocycles. The van der Waals surface area contributed by atoms with Crippen molar-refractivity contribution in [1.82, 2.24) is 0 Å². The molecule has 0 spiro atoms. The highest BCUT2D eigenvalue weighted by molar-refractivity contribution is 6.26. The van der Waals surface area contributed by atoms with Crippen LogP contribution in [-0.2, 0) is 0 Å². The van der Waals surface area contributed by atoms with Gasteiger partial charge in [0.25, 0.3) is 0 Å². The molecule has 0 aromatic rings. The van der Waals surface area contributed by atoms with E-state index in [2.05, 4.69) is 51.8 Å². The topological polar surface area (TPSA) is 24.7 Å². The fourth-order valence-electron chi connectivity index (χ4n) is 2.60. The van der Waals surface area contributed by atoms with E-state index in [4.69, 9.17) is 4.99 Å². The summed E-state index contributed by atoms with van der Waals surface area (Å²) in [6.07, 6.45) is 5.31. The lowest BCUT2D eigenvalue weighted by Crippen LogP contribution is -2.32. The Morgan fingerprint density at radius 2 is 1.75 bits per heavy atom. The Hall–Kier alpha value is -1.44. The summed E-state index contributed by atoms with van der Waals surface area (Å²) in [4.78, 5) is 9.29. The van der Waals surface area contributed by atoms with Gasteiger partial charge in [-0.05, 0) is 63.0 Å². The molecule has 2 aliphatic rings. The average molecular weight is 272 g/mol. The van der Waals surface area contributed by atoms with E-state index < -0.39 is 0 Å². The highest BCUT2D eigenvalue weighted by Crippen LogP contribution is 2.38. The number of allylic oxidation sites excluding steroid dienone is 5. The molecule has 0 amide bonds. The first-order valence-electron chi connectivity index (χ1n) is 7.58. The first-order chi connectivity index (χ1) is 9.42. The molecule has 0 fully saturated rings. The summed E-state index contributed by atoms with van der Waals surface area (Å²) in [6.45, 7) is 15.0. The minimum atomic E-state index is -0.0489. The fraction of sp³-hybridized carbons (Fsp3) is 0.556. The molecule has 20 heavy (non-hydrogen) atoms. The van der Waals surface area contributed by atoms with E-state index in [1.54, 1.807) is 0 Å². The molecule has 0 aromatic carbocycles. The van der Waals surface area contributed by atoms with Gasteiger partial charge in [0.05, 0.1) is 17.0 Å². The van der Waals surface area contributed by atoms with Crippen LogP contribution in [0, 0.1) is 0 Å². The Labute approximate surface area is 124 Å². The van der Waals surface area contributed by atoms with Gasteiger partial charge in [0.2, 0.25) is 0 Å². The maximum absolute atomic E-state index is 5.00. The molecule has 1 heterocycles.